The van der Waals surface area contributed by atoms with E-state index in [-0.39, 0.29) is 5.56 Å². The van der Waals surface area contributed by atoms with E-state index in [2.05, 4.69) is 10.4 Å². The van der Waals surface area contributed by atoms with Gasteiger partial charge in [-0.2, -0.15) is 0 Å². The van der Waals surface area contributed by atoms with Crippen LogP contribution in [0.1, 0.15) is 44.9 Å². The van der Waals surface area contributed by atoms with Gasteiger partial charge < -0.3 is 4.74 Å². The summed E-state index contributed by atoms with van der Waals surface area (Å²) in [5.41, 5.74) is 2.97. The number of aromatic nitrogens is 1. The Balaban J connectivity index is 1.41. The molecule has 1 aromatic carbocycles. The van der Waals surface area contributed by atoms with Gasteiger partial charge in [0.1, 0.15) is 12.4 Å². The highest BCUT2D eigenvalue weighted by molar-refractivity contribution is 7.09. The molecule has 1 saturated carbocycles. The van der Waals surface area contributed by atoms with Crippen LogP contribution in [0.15, 0.2) is 46.8 Å². The molecule has 1 fully saturated rings. The third-order valence-corrected chi connectivity index (χ3v) is 6.25. The van der Waals surface area contributed by atoms with Crippen molar-refractivity contribution in [3.8, 4) is 16.2 Å². The lowest BCUT2D eigenvalue weighted by Gasteiger charge is -2.31. The minimum absolute atomic E-state index is 0.0413. The standard InChI is InChI=1S/C20H23NO2S/c22-19-12-18(24-21-19)16-5-7-17(8-6-16)23-14-15-4-3-11-20(13-15)9-1-2-10-20/h5-8,12-13H,1-4,9-11,14H2,(H,21,22). The summed E-state index contributed by atoms with van der Waals surface area (Å²) in [6, 6.07) is 9.65. The number of rotatable bonds is 4. The van der Waals surface area contributed by atoms with Gasteiger partial charge in [-0.3, -0.25) is 9.17 Å². The number of H-pyrrole nitrogens is 1. The number of ether oxygens (including phenoxy) is 1. The molecule has 0 saturated heterocycles. The molecule has 0 amide bonds. The number of allylic oxidation sites excluding steroid dienone is 1. The Hall–Kier alpha value is -1.81. The van der Waals surface area contributed by atoms with Gasteiger partial charge in [0.05, 0.1) is 4.88 Å². The van der Waals surface area contributed by atoms with E-state index >= 15 is 0 Å². The van der Waals surface area contributed by atoms with Gasteiger partial charge in [0.15, 0.2) is 0 Å². The molecule has 24 heavy (non-hydrogen) atoms. The van der Waals surface area contributed by atoms with E-state index < -0.39 is 0 Å². The number of aromatic amines is 1. The molecule has 3 nitrogen and oxygen atoms in total. The van der Waals surface area contributed by atoms with Crippen LogP contribution >= 0.6 is 11.5 Å². The Morgan fingerprint density at radius 1 is 1.08 bits per heavy atom. The first kappa shape index (κ1) is 15.7. The second-order valence-electron chi connectivity index (χ2n) is 7.12. The second kappa shape index (κ2) is 6.60. The zero-order valence-corrected chi connectivity index (χ0v) is 14.7. The molecule has 0 atom stereocenters. The molecule has 0 bridgehead atoms. The topological polar surface area (TPSA) is 42.1 Å². The highest BCUT2D eigenvalue weighted by Crippen LogP contribution is 2.47. The van der Waals surface area contributed by atoms with E-state index in [1.165, 1.54) is 62.1 Å². The Labute approximate surface area is 146 Å². The Bertz CT molecular complexity index is 778. The van der Waals surface area contributed by atoms with Crippen molar-refractivity contribution >= 4 is 11.5 Å². The van der Waals surface area contributed by atoms with Gasteiger partial charge in [-0.15, -0.1) is 0 Å². The first-order valence-corrected chi connectivity index (χ1v) is 9.67. The summed E-state index contributed by atoms with van der Waals surface area (Å²) >= 11 is 1.37. The summed E-state index contributed by atoms with van der Waals surface area (Å²) in [5.74, 6) is 0.897. The summed E-state index contributed by atoms with van der Waals surface area (Å²) in [4.78, 5) is 12.2. The fourth-order valence-electron chi connectivity index (χ4n) is 4.15. The van der Waals surface area contributed by atoms with Crippen LogP contribution in [0.25, 0.3) is 10.4 Å². The highest BCUT2D eigenvalue weighted by Gasteiger charge is 2.33. The van der Waals surface area contributed by atoms with Crippen LogP contribution in [0.4, 0.5) is 0 Å². The van der Waals surface area contributed by atoms with Crippen LogP contribution in [-0.2, 0) is 0 Å². The van der Waals surface area contributed by atoms with Gasteiger partial charge >= 0.3 is 0 Å². The number of hydrogen-bond acceptors (Lipinski definition) is 3. The lowest BCUT2D eigenvalue weighted by atomic mass is 9.75. The third kappa shape index (κ3) is 3.34. The lowest BCUT2D eigenvalue weighted by Crippen LogP contribution is -2.19. The van der Waals surface area contributed by atoms with Crippen molar-refractivity contribution in [3.05, 3.63) is 52.3 Å². The van der Waals surface area contributed by atoms with Crippen LogP contribution < -0.4 is 10.3 Å². The van der Waals surface area contributed by atoms with Crippen LogP contribution in [-0.4, -0.2) is 11.0 Å². The molecule has 1 aromatic heterocycles. The molecular formula is C20H23NO2S. The van der Waals surface area contributed by atoms with E-state index in [1.54, 1.807) is 6.07 Å². The first-order chi connectivity index (χ1) is 11.7. The minimum atomic E-state index is -0.0413. The predicted octanol–water partition coefficient (Wildman–Crippen LogP) is 5.15. The zero-order chi connectivity index (χ0) is 16.4. The molecule has 4 rings (SSSR count). The van der Waals surface area contributed by atoms with Crippen molar-refractivity contribution in [1.29, 1.82) is 0 Å². The average Bonchev–Trinajstić information content (AvgIpc) is 3.23. The maximum absolute atomic E-state index is 11.2. The molecule has 4 heteroatoms. The SMILES string of the molecule is O=c1cc(-c2ccc(OCC3=CC4(CCCC4)CCC3)cc2)s[nH]1. The van der Waals surface area contributed by atoms with Gasteiger partial charge in [-0.1, -0.05) is 30.5 Å². The number of nitrogens with one attached hydrogen (secondary N) is 1. The van der Waals surface area contributed by atoms with E-state index in [1.807, 2.05) is 24.3 Å². The normalized spacial score (nSPS) is 19.4. The molecule has 0 radical (unpaired) electrons. The van der Waals surface area contributed by atoms with Gasteiger partial charge in [-0.05, 0) is 72.9 Å². The molecule has 2 aliphatic rings. The molecule has 1 N–H and O–H groups in total. The molecule has 126 valence electrons. The summed E-state index contributed by atoms with van der Waals surface area (Å²) in [6.45, 7) is 0.707. The predicted molar refractivity (Wildman–Crippen MR) is 98.7 cm³/mol. The van der Waals surface area contributed by atoms with E-state index in [0.29, 0.717) is 12.0 Å². The number of hydrogen-bond donors (Lipinski definition) is 1. The lowest BCUT2D eigenvalue weighted by molar-refractivity contribution is 0.300. The Kier molecular flexibility index (Phi) is 4.31. The third-order valence-electron chi connectivity index (χ3n) is 5.37. The van der Waals surface area contributed by atoms with Crippen molar-refractivity contribution in [2.75, 3.05) is 6.61 Å². The smallest absolute Gasteiger partial charge is 0.258 e. The van der Waals surface area contributed by atoms with Crippen molar-refractivity contribution in [2.24, 2.45) is 5.41 Å². The van der Waals surface area contributed by atoms with Gasteiger partial charge in [0.25, 0.3) is 5.56 Å². The molecule has 0 aliphatic heterocycles. The van der Waals surface area contributed by atoms with Crippen molar-refractivity contribution in [1.82, 2.24) is 4.37 Å². The van der Waals surface area contributed by atoms with E-state index in [4.69, 9.17) is 4.74 Å². The van der Waals surface area contributed by atoms with E-state index in [9.17, 15) is 4.79 Å². The molecule has 1 spiro atoms. The number of benzene rings is 1. The van der Waals surface area contributed by atoms with Crippen molar-refractivity contribution in [3.63, 3.8) is 0 Å². The molecule has 0 unspecified atom stereocenters. The summed E-state index contributed by atoms with van der Waals surface area (Å²) in [7, 11) is 0. The second-order valence-corrected chi connectivity index (χ2v) is 7.96. The Morgan fingerprint density at radius 2 is 1.83 bits per heavy atom. The fraction of sp³-hybridized carbons (Fsp3) is 0.450. The summed E-state index contributed by atoms with van der Waals surface area (Å²) < 4.78 is 8.73. The Morgan fingerprint density at radius 3 is 2.54 bits per heavy atom. The zero-order valence-electron chi connectivity index (χ0n) is 13.8. The van der Waals surface area contributed by atoms with Gasteiger partial charge in [0, 0.05) is 6.07 Å². The summed E-state index contributed by atoms with van der Waals surface area (Å²) in [6.07, 6.45) is 11.9. The van der Waals surface area contributed by atoms with Crippen LogP contribution in [0.2, 0.25) is 0 Å². The first-order valence-electron chi connectivity index (χ1n) is 8.85. The molecule has 2 aliphatic carbocycles. The minimum Gasteiger partial charge on any atom is -0.489 e. The average molecular weight is 341 g/mol. The maximum Gasteiger partial charge on any atom is 0.258 e. The fourth-order valence-corrected chi connectivity index (χ4v) is 4.84. The van der Waals surface area contributed by atoms with Crippen LogP contribution in [0, 0.1) is 5.41 Å². The van der Waals surface area contributed by atoms with E-state index in [0.717, 1.165) is 16.2 Å². The van der Waals surface area contributed by atoms with Crippen molar-refractivity contribution in [2.45, 2.75) is 44.9 Å². The van der Waals surface area contributed by atoms with Crippen LogP contribution in [0.3, 0.4) is 0 Å². The highest BCUT2D eigenvalue weighted by atomic mass is 32.1. The molecular weight excluding hydrogens is 318 g/mol. The van der Waals surface area contributed by atoms with Crippen molar-refractivity contribution < 1.29 is 4.74 Å². The summed E-state index contributed by atoms with van der Waals surface area (Å²) in [5, 5.41) is 0. The largest absolute Gasteiger partial charge is 0.489 e. The molecule has 1 heterocycles. The van der Waals surface area contributed by atoms with Crippen LogP contribution in [0.5, 0.6) is 5.75 Å². The molecule has 2 aromatic rings. The monoisotopic (exact) mass is 341 g/mol. The van der Waals surface area contributed by atoms with Gasteiger partial charge in [0.2, 0.25) is 0 Å². The quantitative estimate of drug-likeness (QED) is 0.781. The van der Waals surface area contributed by atoms with Gasteiger partial charge in [-0.25, -0.2) is 0 Å². The maximum atomic E-state index is 11.2.